The van der Waals surface area contributed by atoms with E-state index in [-0.39, 0.29) is 18.0 Å². The van der Waals surface area contributed by atoms with Gasteiger partial charge in [-0.05, 0) is 24.5 Å². The Balaban J connectivity index is 1.30. The van der Waals surface area contributed by atoms with Crippen molar-refractivity contribution in [2.75, 3.05) is 26.2 Å². The Morgan fingerprint density at radius 2 is 1.89 bits per heavy atom. The lowest BCUT2D eigenvalue weighted by Crippen LogP contribution is -2.58. The molecule has 1 N–H and O–H groups in total. The third-order valence-corrected chi connectivity index (χ3v) is 7.45. The molecule has 37 heavy (non-hydrogen) atoms. The van der Waals surface area contributed by atoms with Crippen LogP contribution < -0.4 is 0 Å². The minimum Gasteiger partial charge on any atom is -0.381 e. The Morgan fingerprint density at radius 3 is 2.57 bits per heavy atom. The van der Waals surface area contributed by atoms with E-state index in [4.69, 9.17) is 0 Å². The van der Waals surface area contributed by atoms with Crippen LogP contribution in [0.15, 0.2) is 61.2 Å². The van der Waals surface area contributed by atoms with E-state index in [0.29, 0.717) is 37.0 Å². The molecule has 0 radical (unpaired) electrons. The number of carbonyl (C=O) groups excluding carboxylic acids is 1. The lowest BCUT2D eigenvalue weighted by molar-refractivity contribution is -0.0719. The van der Waals surface area contributed by atoms with Gasteiger partial charge in [0, 0.05) is 49.4 Å². The predicted octanol–water partition coefficient (Wildman–Crippen LogP) is 2.81. The van der Waals surface area contributed by atoms with Crippen molar-refractivity contribution in [1.82, 2.24) is 33.9 Å². The van der Waals surface area contributed by atoms with E-state index in [0.717, 1.165) is 29.2 Å². The van der Waals surface area contributed by atoms with Crippen LogP contribution in [-0.4, -0.2) is 77.2 Å². The average Bonchev–Trinajstić information content (AvgIpc) is 3.61. The Bertz CT molecular complexity index is 1360. The van der Waals surface area contributed by atoms with Crippen LogP contribution in [0, 0.1) is 11.6 Å². The summed E-state index contributed by atoms with van der Waals surface area (Å²) in [5.74, 6) is -1.25. The van der Waals surface area contributed by atoms with E-state index in [2.05, 4.69) is 19.4 Å². The SMILES string of the molecule is C[C@@H](N1CCN(C(=O)c2nc(-c3ccccc3)ns2)CC1)[C@](O)(Cn1cncn1)c1ccc(F)cc1F. The number of benzene rings is 2. The molecule has 5 rings (SSSR count). The van der Waals surface area contributed by atoms with Gasteiger partial charge in [-0.25, -0.2) is 23.4 Å². The van der Waals surface area contributed by atoms with Crippen molar-refractivity contribution in [2.45, 2.75) is 25.1 Å². The number of hydrogen-bond acceptors (Lipinski definition) is 8. The third kappa shape index (κ3) is 5.13. The molecular formula is C25H25F2N7O2S. The third-order valence-electron chi connectivity index (χ3n) is 6.75. The van der Waals surface area contributed by atoms with Crippen LogP contribution in [0.5, 0.6) is 0 Å². The molecule has 1 aliphatic heterocycles. The van der Waals surface area contributed by atoms with Gasteiger partial charge in [0.25, 0.3) is 5.91 Å². The Labute approximate surface area is 216 Å². The molecule has 1 aliphatic rings. The smallest absolute Gasteiger partial charge is 0.284 e. The summed E-state index contributed by atoms with van der Waals surface area (Å²) in [7, 11) is 0. The number of aliphatic hydroxyl groups is 1. The van der Waals surface area contributed by atoms with Gasteiger partial charge in [0.2, 0.25) is 5.01 Å². The average molecular weight is 526 g/mol. The van der Waals surface area contributed by atoms with Crippen LogP contribution in [0.2, 0.25) is 0 Å². The van der Waals surface area contributed by atoms with Gasteiger partial charge < -0.3 is 10.0 Å². The summed E-state index contributed by atoms with van der Waals surface area (Å²) in [5.41, 5.74) is -0.921. The molecule has 4 aromatic rings. The second-order valence-corrected chi connectivity index (χ2v) is 9.69. The standard InChI is InChI=1S/C25H25F2N7O2S/c1-17(25(36,14-34-16-28-15-29-34)20-8-7-19(26)13-21(20)27)32-9-11-33(12-10-32)24(35)23-30-22(31-37-23)18-5-3-2-4-6-18/h2-8,13,15-17,36H,9-12,14H2,1H3/t17-,25-/m1/s1. The highest BCUT2D eigenvalue weighted by molar-refractivity contribution is 7.07. The Morgan fingerprint density at radius 1 is 1.14 bits per heavy atom. The zero-order valence-electron chi connectivity index (χ0n) is 20.0. The van der Waals surface area contributed by atoms with Gasteiger partial charge in [0.1, 0.15) is 29.9 Å². The van der Waals surface area contributed by atoms with E-state index < -0.39 is 23.3 Å². The second kappa shape index (κ2) is 10.4. The molecular weight excluding hydrogens is 500 g/mol. The van der Waals surface area contributed by atoms with Crippen LogP contribution in [0.1, 0.15) is 22.3 Å². The largest absolute Gasteiger partial charge is 0.381 e. The van der Waals surface area contributed by atoms with Crippen molar-refractivity contribution in [3.63, 3.8) is 0 Å². The summed E-state index contributed by atoms with van der Waals surface area (Å²) in [5, 5.41) is 16.2. The first-order chi connectivity index (χ1) is 17.8. The number of nitrogens with zero attached hydrogens (tertiary/aromatic N) is 7. The summed E-state index contributed by atoms with van der Waals surface area (Å²) in [6, 6.07) is 12.0. The maximum Gasteiger partial charge on any atom is 0.284 e. The fraction of sp³-hybridized carbons (Fsp3) is 0.320. The number of piperazine rings is 1. The number of hydrogen-bond donors (Lipinski definition) is 1. The van der Waals surface area contributed by atoms with Crippen LogP contribution in [0.25, 0.3) is 11.4 Å². The summed E-state index contributed by atoms with van der Waals surface area (Å²) in [6.07, 6.45) is 2.76. The molecule has 3 heterocycles. The zero-order chi connectivity index (χ0) is 26.0. The van der Waals surface area contributed by atoms with Gasteiger partial charge in [-0.15, -0.1) is 0 Å². The first-order valence-corrected chi connectivity index (χ1v) is 12.6. The van der Waals surface area contributed by atoms with Gasteiger partial charge >= 0.3 is 0 Å². The summed E-state index contributed by atoms with van der Waals surface area (Å²) in [6.45, 7) is 3.39. The van der Waals surface area contributed by atoms with Crippen molar-refractivity contribution in [3.05, 3.63) is 83.4 Å². The molecule has 192 valence electrons. The molecule has 2 aromatic carbocycles. The summed E-state index contributed by atoms with van der Waals surface area (Å²) in [4.78, 5) is 25.1. The minimum absolute atomic E-state index is 0.0299. The highest BCUT2D eigenvalue weighted by Crippen LogP contribution is 2.33. The molecule has 0 saturated carbocycles. The molecule has 2 aromatic heterocycles. The van der Waals surface area contributed by atoms with E-state index in [9.17, 15) is 18.7 Å². The van der Waals surface area contributed by atoms with Crippen molar-refractivity contribution >= 4 is 17.4 Å². The zero-order valence-corrected chi connectivity index (χ0v) is 20.9. The van der Waals surface area contributed by atoms with Crippen LogP contribution in [0.3, 0.4) is 0 Å². The lowest BCUT2D eigenvalue weighted by Gasteiger charge is -2.44. The normalized spacial score (nSPS) is 16.9. The summed E-state index contributed by atoms with van der Waals surface area (Å²) < 4.78 is 34.2. The molecule has 0 aliphatic carbocycles. The van der Waals surface area contributed by atoms with Crippen LogP contribution in [-0.2, 0) is 12.1 Å². The van der Waals surface area contributed by atoms with Crippen molar-refractivity contribution in [3.8, 4) is 11.4 Å². The van der Waals surface area contributed by atoms with E-state index >= 15 is 0 Å². The fourth-order valence-corrected chi connectivity index (χ4v) is 5.26. The molecule has 0 spiro atoms. The van der Waals surface area contributed by atoms with Crippen molar-refractivity contribution in [2.24, 2.45) is 0 Å². The van der Waals surface area contributed by atoms with Crippen molar-refractivity contribution in [1.29, 1.82) is 0 Å². The Hall–Kier alpha value is -3.61. The van der Waals surface area contributed by atoms with Crippen molar-refractivity contribution < 1.29 is 18.7 Å². The molecule has 1 fully saturated rings. The van der Waals surface area contributed by atoms with Crippen LogP contribution in [0.4, 0.5) is 8.78 Å². The van der Waals surface area contributed by atoms with E-state index in [1.54, 1.807) is 11.8 Å². The number of carbonyl (C=O) groups is 1. The molecule has 9 nitrogen and oxygen atoms in total. The Kier molecular flexibility index (Phi) is 7.04. The number of amides is 1. The molecule has 1 saturated heterocycles. The van der Waals surface area contributed by atoms with Gasteiger partial charge in [-0.2, -0.15) is 9.47 Å². The minimum atomic E-state index is -1.73. The molecule has 0 unspecified atom stereocenters. The maximum absolute atomic E-state index is 14.9. The fourth-order valence-electron chi connectivity index (χ4n) is 4.61. The second-order valence-electron chi connectivity index (χ2n) is 8.93. The molecule has 2 atom stereocenters. The lowest BCUT2D eigenvalue weighted by atomic mass is 9.85. The number of halogens is 2. The van der Waals surface area contributed by atoms with Gasteiger partial charge in [0.05, 0.1) is 6.54 Å². The van der Waals surface area contributed by atoms with Gasteiger partial charge in [-0.3, -0.25) is 9.69 Å². The topological polar surface area (TPSA) is 100 Å². The maximum atomic E-state index is 14.9. The number of rotatable bonds is 7. The molecule has 0 bridgehead atoms. The van der Waals surface area contributed by atoms with E-state index in [1.807, 2.05) is 35.2 Å². The monoisotopic (exact) mass is 525 g/mol. The predicted molar refractivity (Wildman–Crippen MR) is 133 cm³/mol. The van der Waals surface area contributed by atoms with E-state index in [1.165, 1.54) is 23.4 Å². The highest BCUT2D eigenvalue weighted by Gasteiger charge is 2.43. The first kappa shape index (κ1) is 25.1. The first-order valence-electron chi connectivity index (χ1n) is 11.8. The van der Waals surface area contributed by atoms with Gasteiger partial charge in [0.15, 0.2) is 5.82 Å². The molecule has 1 amide bonds. The summed E-state index contributed by atoms with van der Waals surface area (Å²) >= 11 is 1.07. The van der Waals surface area contributed by atoms with Crippen LogP contribution >= 0.6 is 11.5 Å². The highest BCUT2D eigenvalue weighted by atomic mass is 32.1. The number of aromatic nitrogens is 5. The molecule has 12 heteroatoms. The van der Waals surface area contributed by atoms with Gasteiger partial charge in [-0.1, -0.05) is 36.4 Å². The quantitative estimate of drug-likeness (QED) is 0.396.